The maximum Gasteiger partial charge on any atom is 0.162 e. The second-order valence-corrected chi connectivity index (χ2v) is 4.28. The van der Waals surface area contributed by atoms with Crippen molar-refractivity contribution < 1.29 is 9.47 Å². The van der Waals surface area contributed by atoms with Crippen molar-refractivity contribution in [2.75, 3.05) is 25.0 Å². The summed E-state index contributed by atoms with van der Waals surface area (Å²) < 4.78 is 10.9. The molecular formula is C8H14Cl2O2. The van der Waals surface area contributed by atoms with Gasteiger partial charge < -0.3 is 9.47 Å². The third-order valence-corrected chi connectivity index (χ3v) is 3.15. The molecule has 1 heterocycles. The van der Waals surface area contributed by atoms with Crippen molar-refractivity contribution in [1.82, 2.24) is 0 Å². The number of ether oxygens (including phenoxy) is 2. The van der Waals surface area contributed by atoms with E-state index in [4.69, 9.17) is 32.7 Å². The second-order valence-electron chi connectivity index (χ2n) is 3.74. The first-order chi connectivity index (χ1) is 5.54. The van der Waals surface area contributed by atoms with Crippen molar-refractivity contribution in [3.05, 3.63) is 0 Å². The van der Waals surface area contributed by atoms with Crippen LogP contribution < -0.4 is 0 Å². The van der Waals surface area contributed by atoms with E-state index in [1.807, 2.05) is 13.8 Å². The van der Waals surface area contributed by atoms with Gasteiger partial charge in [-0.2, -0.15) is 0 Å². The van der Waals surface area contributed by atoms with E-state index in [1.165, 1.54) is 0 Å². The molecule has 4 heteroatoms. The SMILES string of the molecule is CC1(C)OCC(CCl)(CCl)CO1. The third kappa shape index (κ3) is 2.25. The van der Waals surface area contributed by atoms with E-state index >= 15 is 0 Å². The molecule has 1 saturated heterocycles. The summed E-state index contributed by atoms with van der Waals surface area (Å²) in [5.41, 5.74) is -0.196. The quantitative estimate of drug-likeness (QED) is 0.655. The molecule has 0 spiro atoms. The van der Waals surface area contributed by atoms with Crippen LogP contribution in [-0.4, -0.2) is 30.8 Å². The lowest BCUT2D eigenvalue weighted by atomic mass is 9.94. The number of hydrogen-bond acceptors (Lipinski definition) is 2. The second kappa shape index (κ2) is 3.70. The molecule has 0 aromatic heterocycles. The normalized spacial score (nSPS) is 27.0. The van der Waals surface area contributed by atoms with E-state index in [1.54, 1.807) is 0 Å². The summed E-state index contributed by atoms with van der Waals surface area (Å²) in [4.78, 5) is 0. The van der Waals surface area contributed by atoms with Crippen LogP contribution in [0.25, 0.3) is 0 Å². The molecule has 0 aromatic rings. The van der Waals surface area contributed by atoms with Gasteiger partial charge in [0.15, 0.2) is 5.79 Å². The third-order valence-electron chi connectivity index (χ3n) is 2.02. The topological polar surface area (TPSA) is 18.5 Å². The zero-order valence-electron chi connectivity index (χ0n) is 7.40. The Morgan fingerprint density at radius 1 is 1.08 bits per heavy atom. The summed E-state index contributed by atoms with van der Waals surface area (Å²) in [6.07, 6.45) is 0. The summed E-state index contributed by atoms with van der Waals surface area (Å²) in [6.45, 7) is 4.93. The van der Waals surface area contributed by atoms with E-state index < -0.39 is 5.79 Å². The lowest BCUT2D eigenvalue weighted by Gasteiger charge is -2.41. The molecule has 12 heavy (non-hydrogen) atoms. The minimum Gasteiger partial charge on any atom is -0.350 e. The van der Waals surface area contributed by atoms with Crippen LogP contribution in [0.5, 0.6) is 0 Å². The standard InChI is InChI=1S/C8H14Cl2O2/c1-7(2)11-5-8(3-9,4-10)6-12-7/h3-6H2,1-2H3. The molecule has 1 aliphatic heterocycles. The van der Waals surface area contributed by atoms with Crippen molar-refractivity contribution in [1.29, 1.82) is 0 Å². The van der Waals surface area contributed by atoms with Crippen LogP contribution in [0, 0.1) is 5.41 Å². The first-order valence-corrected chi connectivity index (χ1v) is 5.00. The van der Waals surface area contributed by atoms with Crippen molar-refractivity contribution in [3.63, 3.8) is 0 Å². The van der Waals surface area contributed by atoms with Crippen molar-refractivity contribution in [3.8, 4) is 0 Å². The van der Waals surface area contributed by atoms with E-state index in [0.29, 0.717) is 25.0 Å². The molecule has 0 bridgehead atoms. The first kappa shape index (κ1) is 10.6. The summed E-state index contributed by atoms with van der Waals surface area (Å²) in [7, 11) is 0. The van der Waals surface area contributed by atoms with Crippen molar-refractivity contribution >= 4 is 23.2 Å². The number of alkyl halides is 2. The maximum atomic E-state index is 5.79. The van der Waals surface area contributed by atoms with Gasteiger partial charge in [-0.25, -0.2) is 0 Å². The van der Waals surface area contributed by atoms with Crippen molar-refractivity contribution in [2.24, 2.45) is 5.41 Å². The summed E-state index contributed by atoms with van der Waals surface area (Å²) in [5, 5.41) is 0. The van der Waals surface area contributed by atoms with Crippen LogP contribution in [0.2, 0.25) is 0 Å². The van der Waals surface area contributed by atoms with Gasteiger partial charge >= 0.3 is 0 Å². The Balaban J connectivity index is 2.53. The minimum absolute atomic E-state index is 0.196. The maximum absolute atomic E-state index is 5.79. The summed E-state index contributed by atoms with van der Waals surface area (Å²) in [6, 6.07) is 0. The fraction of sp³-hybridized carbons (Fsp3) is 1.00. The van der Waals surface area contributed by atoms with Crippen LogP contribution in [-0.2, 0) is 9.47 Å². The van der Waals surface area contributed by atoms with Crippen LogP contribution in [0.15, 0.2) is 0 Å². The highest BCUT2D eigenvalue weighted by molar-refractivity contribution is 6.21. The van der Waals surface area contributed by atoms with Gasteiger partial charge in [-0.1, -0.05) is 0 Å². The summed E-state index contributed by atoms with van der Waals surface area (Å²) in [5.74, 6) is 0.473. The number of hydrogen-bond donors (Lipinski definition) is 0. The van der Waals surface area contributed by atoms with Crippen LogP contribution in [0.4, 0.5) is 0 Å². The fourth-order valence-electron chi connectivity index (χ4n) is 0.927. The Hall–Kier alpha value is 0.500. The first-order valence-electron chi connectivity index (χ1n) is 3.93. The average Bonchev–Trinajstić information content (AvgIpc) is 2.06. The molecule has 0 saturated carbocycles. The van der Waals surface area contributed by atoms with Gasteiger partial charge in [0.25, 0.3) is 0 Å². The number of rotatable bonds is 2. The predicted octanol–water partition coefficient (Wildman–Crippen LogP) is 2.23. The van der Waals surface area contributed by atoms with Gasteiger partial charge in [0.2, 0.25) is 0 Å². The molecule has 0 N–H and O–H groups in total. The van der Waals surface area contributed by atoms with Gasteiger partial charge in [-0.15, -0.1) is 23.2 Å². The smallest absolute Gasteiger partial charge is 0.162 e. The van der Waals surface area contributed by atoms with E-state index in [2.05, 4.69) is 0 Å². The van der Waals surface area contributed by atoms with Crippen LogP contribution in [0.3, 0.4) is 0 Å². The van der Waals surface area contributed by atoms with Crippen LogP contribution in [0.1, 0.15) is 13.8 Å². The van der Waals surface area contributed by atoms with E-state index in [9.17, 15) is 0 Å². The Bertz CT molecular complexity index is 143. The zero-order chi connectivity index (χ0) is 9.24. The Labute approximate surface area is 83.1 Å². The monoisotopic (exact) mass is 212 g/mol. The zero-order valence-corrected chi connectivity index (χ0v) is 8.91. The van der Waals surface area contributed by atoms with Gasteiger partial charge in [0.1, 0.15) is 0 Å². The van der Waals surface area contributed by atoms with Gasteiger partial charge in [-0.3, -0.25) is 0 Å². The molecule has 0 unspecified atom stereocenters. The van der Waals surface area contributed by atoms with Gasteiger partial charge in [0, 0.05) is 17.2 Å². The van der Waals surface area contributed by atoms with Gasteiger partial charge in [-0.05, 0) is 13.8 Å². The fourth-order valence-corrected chi connectivity index (χ4v) is 1.52. The summed E-state index contributed by atoms with van der Waals surface area (Å²) >= 11 is 11.6. The Morgan fingerprint density at radius 3 is 1.83 bits per heavy atom. The molecule has 1 aliphatic rings. The molecule has 1 fully saturated rings. The van der Waals surface area contributed by atoms with Gasteiger partial charge in [0.05, 0.1) is 13.2 Å². The molecule has 2 nitrogen and oxygen atoms in total. The Kier molecular flexibility index (Phi) is 3.27. The lowest BCUT2D eigenvalue weighted by Crippen LogP contribution is -2.48. The minimum atomic E-state index is -0.485. The molecule has 0 aliphatic carbocycles. The number of halogens is 2. The Morgan fingerprint density at radius 2 is 1.50 bits per heavy atom. The van der Waals surface area contributed by atoms with E-state index in [-0.39, 0.29) is 5.41 Å². The molecule has 72 valence electrons. The molecule has 1 rings (SSSR count). The molecule has 0 atom stereocenters. The van der Waals surface area contributed by atoms with Crippen molar-refractivity contribution in [2.45, 2.75) is 19.6 Å². The lowest BCUT2D eigenvalue weighted by molar-refractivity contribution is -0.277. The predicted molar refractivity (Wildman–Crippen MR) is 49.9 cm³/mol. The largest absolute Gasteiger partial charge is 0.350 e. The molecular weight excluding hydrogens is 199 g/mol. The highest BCUT2D eigenvalue weighted by atomic mass is 35.5. The molecule has 0 amide bonds. The molecule has 0 aromatic carbocycles. The highest BCUT2D eigenvalue weighted by Gasteiger charge is 2.38. The van der Waals surface area contributed by atoms with E-state index in [0.717, 1.165) is 0 Å². The molecule has 0 radical (unpaired) electrons. The highest BCUT2D eigenvalue weighted by Crippen LogP contribution is 2.31. The average molecular weight is 213 g/mol. The van der Waals surface area contributed by atoms with Crippen LogP contribution >= 0.6 is 23.2 Å².